The number of methoxy groups -OCH3 is 1. The Morgan fingerprint density at radius 2 is 2.13 bits per heavy atom. The minimum Gasteiger partial charge on any atom is -0.383 e. The van der Waals surface area contributed by atoms with Crippen LogP contribution in [0.25, 0.3) is 0 Å². The number of guanidine groups is 1. The van der Waals surface area contributed by atoms with E-state index in [2.05, 4.69) is 34.4 Å². The first kappa shape index (κ1) is 22.4. The zero-order valence-electron chi connectivity index (χ0n) is 15.0. The second-order valence-corrected chi connectivity index (χ2v) is 6.33. The van der Waals surface area contributed by atoms with Crippen LogP contribution in [0.4, 0.5) is 0 Å². The van der Waals surface area contributed by atoms with Gasteiger partial charge in [-0.1, -0.05) is 20.3 Å². The maximum Gasteiger partial charge on any atom is 0.239 e. The van der Waals surface area contributed by atoms with Gasteiger partial charge >= 0.3 is 0 Å². The summed E-state index contributed by atoms with van der Waals surface area (Å²) >= 11 is 0. The van der Waals surface area contributed by atoms with Crippen LogP contribution in [-0.2, 0) is 9.53 Å². The van der Waals surface area contributed by atoms with Gasteiger partial charge < -0.3 is 20.3 Å². The predicted molar refractivity (Wildman–Crippen MR) is 105 cm³/mol. The van der Waals surface area contributed by atoms with E-state index in [9.17, 15) is 4.79 Å². The number of amides is 1. The van der Waals surface area contributed by atoms with Gasteiger partial charge in [-0.25, -0.2) is 0 Å². The van der Waals surface area contributed by atoms with Crippen molar-refractivity contribution in [2.75, 3.05) is 46.9 Å². The number of rotatable bonds is 7. The third kappa shape index (κ3) is 8.19. The molecule has 1 unspecified atom stereocenters. The lowest BCUT2D eigenvalue weighted by Crippen LogP contribution is -2.51. The van der Waals surface area contributed by atoms with Crippen LogP contribution in [-0.4, -0.2) is 63.7 Å². The summed E-state index contributed by atoms with van der Waals surface area (Å²) in [5, 5.41) is 5.97. The summed E-state index contributed by atoms with van der Waals surface area (Å²) in [6.45, 7) is 7.92. The maximum absolute atomic E-state index is 11.7. The van der Waals surface area contributed by atoms with Crippen molar-refractivity contribution >= 4 is 35.8 Å². The van der Waals surface area contributed by atoms with E-state index in [1.54, 1.807) is 14.2 Å². The molecule has 0 aliphatic carbocycles. The van der Waals surface area contributed by atoms with Gasteiger partial charge in [0.2, 0.25) is 5.91 Å². The summed E-state index contributed by atoms with van der Waals surface area (Å²) in [6, 6.07) is 0. The van der Waals surface area contributed by atoms with E-state index >= 15 is 0 Å². The van der Waals surface area contributed by atoms with E-state index in [1.807, 2.05) is 0 Å². The van der Waals surface area contributed by atoms with Gasteiger partial charge in [0.15, 0.2) is 5.96 Å². The van der Waals surface area contributed by atoms with Gasteiger partial charge in [0, 0.05) is 33.8 Å². The lowest BCUT2D eigenvalue weighted by Gasteiger charge is -2.42. The molecule has 136 valence electrons. The number of piperidine rings is 1. The normalized spacial score (nSPS) is 21.6. The Bertz CT molecular complexity index is 375. The Hall–Kier alpha value is -0.570. The van der Waals surface area contributed by atoms with Crippen molar-refractivity contribution in [3.05, 3.63) is 0 Å². The van der Waals surface area contributed by atoms with Crippen LogP contribution in [0.1, 0.15) is 39.5 Å². The van der Waals surface area contributed by atoms with Crippen molar-refractivity contribution in [3.8, 4) is 0 Å². The summed E-state index contributed by atoms with van der Waals surface area (Å²) in [7, 11) is 3.40. The monoisotopic (exact) mass is 440 g/mol. The fourth-order valence-electron chi connectivity index (χ4n) is 3.15. The Morgan fingerprint density at radius 1 is 1.39 bits per heavy atom. The van der Waals surface area contributed by atoms with Crippen LogP contribution >= 0.6 is 24.0 Å². The quantitative estimate of drug-likeness (QED) is 0.275. The highest BCUT2D eigenvalue weighted by Crippen LogP contribution is 2.33. The highest BCUT2D eigenvalue weighted by atomic mass is 127. The number of aliphatic imine (C=N–C) groups is 1. The fraction of sp³-hybridized carbons (Fsp3) is 0.875. The Labute approximate surface area is 157 Å². The van der Waals surface area contributed by atoms with Crippen molar-refractivity contribution in [2.45, 2.75) is 39.5 Å². The summed E-state index contributed by atoms with van der Waals surface area (Å²) in [5.74, 6) is 0.787. The molecule has 0 radical (unpaired) electrons. The molecule has 1 aliphatic heterocycles. The standard InChI is InChI=1S/C16H32N4O2.HI/c1-5-7-16(2)8-6-10-20(13-16)15(17-3)19-12-14(21)18-9-11-22-4;/h5-13H2,1-4H3,(H,17,19)(H,18,21);1H. The smallest absolute Gasteiger partial charge is 0.239 e. The fourth-order valence-corrected chi connectivity index (χ4v) is 3.15. The van der Waals surface area contributed by atoms with E-state index in [-0.39, 0.29) is 36.4 Å². The minimum atomic E-state index is -0.0356. The lowest BCUT2D eigenvalue weighted by atomic mass is 9.78. The highest BCUT2D eigenvalue weighted by Gasteiger charge is 2.31. The number of nitrogens with one attached hydrogen (secondary N) is 2. The number of ether oxygens (including phenoxy) is 1. The Kier molecular flexibility index (Phi) is 11.6. The van der Waals surface area contributed by atoms with Gasteiger partial charge in [0.25, 0.3) is 0 Å². The average molecular weight is 440 g/mol. The third-order valence-electron chi connectivity index (χ3n) is 4.18. The molecule has 2 N–H and O–H groups in total. The molecule has 1 amide bonds. The molecule has 0 bridgehead atoms. The Morgan fingerprint density at radius 3 is 2.74 bits per heavy atom. The van der Waals surface area contributed by atoms with Crippen LogP contribution < -0.4 is 10.6 Å². The highest BCUT2D eigenvalue weighted by molar-refractivity contribution is 14.0. The number of hydrogen-bond donors (Lipinski definition) is 2. The summed E-state index contributed by atoms with van der Waals surface area (Å²) in [6.07, 6.45) is 4.89. The average Bonchev–Trinajstić information content (AvgIpc) is 2.48. The van der Waals surface area contributed by atoms with Crippen molar-refractivity contribution < 1.29 is 9.53 Å². The molecule has 1 fully saturated rings. The van der Waals surface area contributed by atoms with Crippen molar-refractivity contribution in [1.82, 2.24) is 15.5 Å². The molecule has 1 saturated heterocycles. The van der Waals surface area contributed by atoms with Crippen molar-refractivity contribution in [1.29, 1.82) is 0 Å². The minimum absolute atomic E-state index is 0. The number of carbonyl (C=O) groups is 1. The molecule has 1 heterocycles. The number of likely N-dealkylation sites (tertiary alicyclic amines) is 1. The van der Waals surface area contributed by atoms with Crippen LogP contribution in [0.5, 0.6) is 0 Å². The van der Waals surface area contributed by atoms with Crippen LogP contribution in [0.3, 0.4) is 0 Å². The second-order valence-electron chi connectivity index (χ2n) is 6.33. The number of nitrogens with zero attached hydrogens (tertiary/aromatic N) is 2. The van der Waals surface area contributed by atoms with Crippen LogP contribution in [0.2, 0.25) is 0 Å². The van der Waals surface area contributed by atoms with E-state index in [0.29, 0.717) is 18.6 Å². The first-order chi connectivity index (χ1) is 10.5. The summed E-state index contributed by atoms with van der Waals surface area (Å²) < 4.78 is 4.91. The molecule has 6 nitrogen and oxygen atoms in total. The molecule has 1 rings (SSSR count). The first-order valence-electron chi connectivity index (χ1n) is 8.26. The van der Waals surface area contributed by atoms with E-state index in [0.717, 1.165) is 19.0 Å². The van der Waals surface area contributed by atoms with Crippen molar-refractivity contribution in [2.24, 2.45) is 10.4 Å². The van der Waals surface area contributed by atoms with Gasteiger partial charge in [-0.2, -0.15) is 0 Å². The van der Waals surface area contributed by atoms with Crippen LogP contribution in [0.15, 0.2) is 4.99 Å². The van der Waals surface area contributed by atoms with Gasteiger partial charge in [0.05, 0.1) is 13.2 Å². The molecule has 7 heteroatoms. The van der Waals surface area contributed by atoms with E-state index in [4.69, 9.17) is 4.74 Å². The van der Waals surface area contributed by atoms with Crippen LogP contribution in [0, 0.1) is 5.41 Å². The largest absolute Gasteiger partial charge is 0.383 e. The second kappa shape index (κ2) is 11.9. The molecular weight excluding hydrogens is 407 g/mol. The molecular formula is C16H33IN4O2. The van der Waals surface area contributed by atoms with E-state index in [1.165, 1.54) is 25.7 Å². The van der Waals surface area contributed by atoms with Gasteiger partial charge in [0.1, 0.15) is 0 Å². The molecule has 0 aromatic carbocycles. The van der Waals surface area contributed by atoms with E-state index < -0.39 is 0 Å². The number of hydrogen-bond acceptors (Lipinski definition) is 3. The summed E-state index contributed by atoms with van der Waals surface area (Å²) in [5.41, 5.74) is 0.353. The predicted octanol–water partition coefficient (Wildman–Crippen LogP) is 1.84. The SMILES string of the molecule is CCCC1(C)CCCN(C(=NC)NCC(=O)NCCOC)C1.I. The zero-order chi connectivity index (χ0) is 16.4. The maximum atomic E-state index is 11.7. The molecule has 0 aromatic heterocycles. The molecule has 23 heavy (non-hydrogen) atoms. The van der Waals surface area contributed by atoms with Gasteiger partial charge in [-0.05, 0) is 24.7 Å². The molecule has 0 saturated carbocycles. The molecule has 1 atom stereocenters. The van der Waals surface area contributed by atoms with Gasteiger partial charge in [-0.15, -0.1) is 24.0 Å². The van der Waals surface area contributed by atoms with Crippen molar-refractivity contribution in [3.63, 3.8) is 0 Å². The third-order valence-corrected chi connectivity index (χ3v) is 4.18. The Balaban J connectivity index is 0.00000484. The molecule has 0 aromatic rings. The van der Waals surface area contributed by atoms with Gasteiger partial charge in [-0.3, -0.25) is 9.79 Å². The first-order valence-corrected chi connectivity index (χ1v) is 8.26. The topological polar surface area (TPSA) is 66.0 Å². The lowest BCUT2D eigenvalue weighted by molar-refractivity contribution is -0.120. The summed E-state index contributed by atoms with van der Waals surface area (Å²) in [4.78, 5) is 18.4. The zero-order valence-corrected chi connectivity index (χ0v) is 17.3. The number of carbonyl (C=O) groups excluding carboxylic acids is 1. The molecule has 1 aliphatic rings. The molecule has 0 spiro atoms. The number of halogens is 1.